The minimum Gasteiger partial charge on any atom is -0.406 e. The summed E-state index contributed by atoms with van der Waals surface area (Å²) in [5.74, 6) is -0.650. The molecule has 3 rings (SSSR count). The minimum absolute atomic E-state index is 0.0187. The summed E-state index contributed by atoms with van der Waals surface area (Å²) >= 11 is 0. The molecule has 2 amide bonds. The van der Waals surface area contributed by atoms with Crippen molar-refractivity contribution >= 4 is 11.8 Å². The number of nitrogens with one attached hydrogen (secondary N) is 1. The summed E-state index contributed by atoms with van der Waals surface area (Å²) in [5, 5.41) is 2.81. The molecule has 0 bridgehead atoms. The van der Waals surface area contributed by atoms with Gasteiger partial charge in [-0.1, -0.05) is 57.2 Å². The molecule has 10 heteroatoms. The summed E-state index contributed by atoms with van der Waals surface area (Å²) in [6, 6.07) is 13.4. The second-order valence-electron chi connectivity index (χ2n) is 11.7. The van der Waals surface area contributed by atoms with Crippen LogP contribution < -0.4 is 15.8 Å². The van der Waals surface area contributed by atoms with Gasteiger partial charge in [0.25, 0.3) is 0 Å². The predicted octanol–water partition coefficient (Wildman–Crippen LogP) is 4.51. The zero-order valence-corrected chi connectivity index (χ0v) is 23.4. The summed E-state index contributed by atoms with van der Waals surface area (Å²) in [4.78, 5) is 29.6. The number of carbonyl (C=O) groups excluding carboxylic acids is 2. The molecule has 39 heavy (non-hydrogen) atoms. The van der Waals surface area contributed by atoms with Crippen LogP contribution in [0.3, 0.4) is 0 Å². The maximum Gasteiger partial charge on any atom is 0.573 e. The van der Waals surface area contributed by atoms with Gasteiger partial charge in [-0.05, 0) is 68.0 Å². The molecule has 1 fully saturated rings. The van der Waals surface area contributed by atoms with Crippen LogP contribution in [0.25, 0.3) is 0 Å². The van der Waals surface area contributed by atoms with Crippen LogP contribution in [0.4, 0.5) is 13.2 Å². The fraction of sp³-hybridized carbons (Fsp3) is 0.517. The first-order valence-electron chi connectivity index (χ1n) is 13.0. The summed E-state index contributed by atoms with van der Waals surface area (Å²) in [7, 11) is 1.89. The lowest BCUT2D eigenvalue weighted by Gasteiger charge is -2.30. The number of amides is 2. The number of ether oxygens (including phenoxy) is 1. The second-order valence-corrected chi connectivity index (χ2v) is 11.7. The topological polar surface area (TPSA) is 87.9 Å². The van der Waals surface area contributed by atoms with E-state index in [2.05, 4.69) is 43.0 Å². The number of alkyl halides is 3. The lowest BCUT2D eigenvalue weighted by molar-refractivity contribution is -0.274. The Labute approximate surface area is 228 Å². The highest BCUT2D eigenvalue weighted by Crippen LogP contribution is 2.35. The lowest BCUT2D eigenvalue weighted by atomic mass is 9.86. The number of rotatable bonds is 9. The van der Waals surface area contributed by atoms with Crippen LogP contribution in [0.2, 0.25) is 0 Å². The van der Waals surface area contributed by atoms with Crippen molar-refractivity contribution in [3.63, 3.8) is 0 Å². The van der Waals surface area contributed by atoms with Gasteiger partial charge < -0.3 is 20.7 Å². The van der Waals surface area contributed by atoms with E-state index in [-0.39, 0.29) is 29.1 Å². The molecule has 0 radical (unpaired) electrons. The molecule has 1 saturated heterocycles. The van der Waals surface area contributed by atoms with Crippen LogP contribution in [0.1, 0.15) is 63.9 Å². The van der Waals surface area contributed by atoms with Gasteiger partial charge in [0, 0.05) is 13.1 Å². The van der Waals surface area contributed by atoms with Gasteiger partial charge in [-0.2, -0.15) is 0 Å². The Morgan fingerprint density at radius 2 is 1.59 bits per heavy atom. The first kappa shape index (κ1) is 30.4. The molecule has 1 aliphatic heterocycles. The number of carbonyl (C=O) groups is 2. The average Bonchev–Trinajstić information content (AvgIpc) is 3.05. The molecule has 214 valence electrons. The molecular formula is C29H39F3N4O3. The first-order chi connectivity index (χ1) is 18.0. The number of nitrogens with two attached hydrogens (primary N) is 1. The van der Waals surface area contributed by atoms with E-state index in [4.69, 9.17) is 5.73 Å². The molecule has 0 unspecified atom stereocenters. The molecule has 3 N–H and O–H groups in total. The monoisotopic (exact) mass is 548 g/mol. The molecule has 7 nitrogen and oxygen atoms in total. The number of benzene rings is 2. The highest BCUT2D eigenvalue weighted by Gasteiger charge is 2.44. The highest BCUT2D eigenvalue weighted by molar-refractivity contribution is 5.86. The van der Waals surface area contributed by atoms with E-state index in [1.54, 1.807) is 30.9 Å². The van der Waals surface area contributed by atoms with Crippen molar-refractivity contribution in [2.75, 3.05) is 20.1 Å². The van der Waals surface area contributed by atoms with Crippen LogP contribution in [0, 0.1) is 0 Å². The first-order valence-corrected chi connectivity index (χ1v) is 13.0. The third-order valence-corrected chi connectivity index (χ3v) is 6.90. The molecule has 1 heterocycles. The Hall–Kier alpha value is -3.11. The second kappa shape index (κ2) is 11.6. The molecule has 2 aromatic carbocycles. The number of hydrogen-bond donors (Lipinski definition) is 2. The zero-order chi connectivity index (χ0) is 29.2. The van der Waals surface area contributed by atoms with Crippen LogP contribution in [0.15, 0.2) is 48.5 Å². The Balaban J connectivity index is 1.79. The SMILES string of the molecule is CN1[C@@H](CCNC(=O)C(C)(C)N)C(=O)N(CCc2ccc(OC(F)(F)F)cc2)[C@@H]1c1ccc(C(C)(C)C)cc1. The Kier molecular flexibility index (Phi) is 9.02. The molecule has 0 aromatic heterocycles. The number of nitrogens with zero attached hydrogens (tertiary/aromatic N) is 2. The van der Waals surface area contributed by atoms with Gasteiger partial charge in [-0.25, -0.2) is 0 Å². The van der Waals surface area contributed by atoms with E-state index in [9.17, 15) is 22.8 Å². The van der Waals surface area contributed by atoms with Gasteiger partial charge >= 0.3 is 6.36 Å². The van der Waals surface area contributed by atoms with Crippen LogP contribution >= 0.6 is 0 Å². The van der Waals surface area contributed by atoms with E-state index in [1.807, 2.05) is 24.1 Å². The Bertz CT molecular complexity index is 1140. The largest absolute Gasteiger partial charge is 0.573 e. The van der Waals surface area contributed by atoms with Gasteiger partial charge in [-0.3, -0.25) is 14.5 Å². The lowest BCUT2D eigenvalue weighted by Crippen LogP contribution is -2.50. The summed E-state index contributed by atoms with van der Waals surface area (Å²) < 4.78 is 41.4. The number of likely N-dealkylation sites (N-methyl/N-ethyl adjacent to an activating group) is 1. The van der Waals surface area contributed by atoms with Crippen molar-refractivity contribution < 1.29 is 27.5 Å². The average molecular weight is 549 g/mol. The maximum atomic E-state index is 13.6. The highest BCUT2D eigenvalue weighted by atomic mass is 19.4. The molecule has 1 aliphatic rings. The van der Waals surface area contributed by atoms with Crippen molar-refractivity contribution in [1.82, 2.24) is 15.1 Å². The number of hydrogen-bond acceptors (Lipinski definition) is 5. The third-order valence-electron chi connectivity index (χ3n) is 6.90. The van der Waals surface area contributed by atoms with Gasteiger partial charge in [0.1, 0.15) is 11.9 Å². The fourth-order valence-corrected chi connectivity index (χ4v) is 4.66. The van der Waals surface area contributed by atoms with Crippen molar-refractivity contribution in [2.45, 2.75) is 77.0 Å². The zero-order valence-electron chi connectivity index (χ0n) is 23.4. The van der Waals surface area contributed by atoms with E-state index in [1.165, 1.54) is 17.7 Å². The van der Waals surface area contributed by atoms with Crippen LogP contribution in [-0.4, -0.2) is 59.7 Å². The van der Waals surface area contributed by atoms with Crippen LogP contribution in [0.5, 0.6) is 5.75 Å². The van der Waals surface area contributed by atoms with E-state index in [0.29, 0.717) is 25.9 Å². The smallest absolute Gasteiger partial charge is 0.406 e. The van der Waals surface area contributed by atoms with Gasteiger partial charge in [0.15, 0.2) is 0 Å². The summed E-state index contributed by atoms with van der Waals surface area (Å²) in [5.41, 5.74) is 7.74. The van der Waals surface area contributed by atoms with Gasteiger partial charge in [0.05, 0.1) is 11.6 Å². The third kappa shape index (κ3) is 7.95. The van der Waals surface area contributed by atoms with E-state index in [0.717, 1.165) is 11.1 Å². The molecule has 2 atom stereocenters. The normalized spacial score (nSPS) is 18.9. The minimum atomic E-state index is -4.75. The molecule has 2 aromatic rings. The fourth-order valence-electron chi connectivity index (χ4n) is 4.66. The number of halogens is 3. The summed E-state index contributed by atoms with van der Waals surface area (Å²) in [6.07, 6.45) is -4.22. The van der Waals surface area contributed by atoms with Crippen molar-refractivity contribution in [3.05, 3.63) is 65.2 Å². The van der Waals surface area contributed by atoms with Crippen molar-refractivity contribution in [3.8, 4) is 5.75 Å². The quantitative estimate of drug-likeness (QED) is 0.482. The standard InChI is InChI=1S/C29H39F3N4O3/c1-27(2,3)21-11-9-20(10-12-21)24-35(6)23(15-17-34-26(38)28(4,5)33)25(37)36(24)18-16-19-7-13-22(14-8-19)39-29(30,31)32/h7-14,23-24H,15-18,33H2,1-6H3,(H,34,38)/t23-,24+/m0/s1. The van der Waals surface area contributed by atoms with E-state index < -0.39 is 17.9 Å². The van der Waals surface area contributed by atoms with Crippen LogP contribution in [-0.2, 0) is 21.4 Å². The van der Waals surface area contributed by atoms with Crippen molar-refractivity contribution in [1.29, 1.82) is 0 Å². The predicted molar refractivity (Wildman–Crippen MR) is 144 cm³/mol. The van der Waals surface area contributed by atoms with Crippen molar-refractivity contribution in [2.24, 2.45) is 5.73 Å². The van der Waals surface area contributed by atoms with Gasteiger partial charge in [-0.15, -0.1) is 13.2 Å². The Morgan fingerprint density at radius 1 is 1.00 bits per heavy atom. The maximum absolute atomic E-state index is 13.6. The van der Waals surface area contributed by atoms with E-state index >= 15 is 0 Å². The summed E-state index contributed by atoms with van der Waals surface area (Å²) in [6.45, 7) is 10.3. The Morgan fingerprint density at radius 3 is 2.10 bits per heavy atom. The van der Waals surface area contributed by atoms with Gasteiger partial charge in [0.2, 0.25) is 11.8 Å². The molecule has 0 spiro atoms. The molecule has 0 saturated carbocycles. The molecule has 0 aliphatic carbocycles. The molecular weight excluding hydrogens is 509 g/mol.